The van der Waals surface area contributed by atoms with E-state index in [0.29, 0.717) is 12.4 Å². The van der Waals surface area contributed by atoms with E-state index in [2.05, 4.69) is 5.32 Å². The van der Waals surface area contributed by atoms with E-state index in [1.807, 2.05) is 6.92 Å². The minimum Gasteiger partial charge on any atom is -0.494 e. The Kier molecular flexibility index (Phi) is 6.91. The monoisotopic (exact) mass is 392 g/mol. The average Bonchev–Trinajstić information content (AvgIpc) is 2.64. The topological polar surface area (TPSA) is 125 Å². The Labute approximate surface area is 157 Å². The Morgan fingerprint density at radius 1 is 1.11 bits per heavy atom. The van der Waals surface area contributed by atoms with Crippen LogP contribution in [0.3, 0.4) is 0 Å². The Balaban J connectivity index is 1.89. The molecule has 0 radical (unpaired) electrons. The fourth-order valence-corrected chi connectivity index (χ4v) is 2.63. The number of esters is 1. The minimum atomic E-state index is -3.88. The van der Waals surface area contributed by atoms with Crippen LogP contribution < -0.4 is 15.2 Å². The highest BCUT2D eigenvalue weighted by Crippen LogP contribution is 2.15. The summed E-state index contributed by atoms with van der Waals surface area (Å²) in [6.45, 7) is 2.05. The number of sulfonamides is 1. The predicted octanol–water partition coefficient (Wildman–Crippen LogP) is 1.92. The fourth-order valence-electron chi connectivity index (χ4n) is 2.07. The molecule has 0 aliphatic heterocycles. The first kappa shape index (κ1) is 20.4. The van der Waals surface area contributed by atoms with Crippen LogP contribution in [0.2, 0.25) is 0 Å². The normalized spacial score (nSPS) is 10.9. The van der Waals surface area contributed by atoms with Crippen LogP contribution in [0.1, 0.15) is 23.7 Å². The maximum atomic E-state index is 12.0. The molecular formula is C18H20N2O6S. The summed E-state index contributed by atoms with van der Waals surface area (Å²) in [6.07, 6.45) is 0.874. The Morgan fingerprint density at radius 2 is 1.81 bits per heavy atom. The second-order valence-electron chi connectivity index (χ2n) is 5.57. The van der Waals surface area contributed by atoms with Gasteiger partial charge in [-0.3, -0.25) is 4.79 Å². The van der Waals surface area contributed by atoms with Gasteiger partial charge in [0, 0.05) is 5.69 Å². The van der Waals surface area contributed by atoms with Crippen LogP contribution in [-0.2, 0) is 19.6 Å². The van der Waals surface area contributed by atoms with Gasteiger partial charge in [-0.2, -0.15) is 0 Å². The molecule has 0 bridgehead atoms. The van der Waals surface area contributed by atoms with Gasteiger partial charge in [0.15, 0.2) is 6.61 Å². The predicted molar refractivity (Wildman–Crippen MR) is 99.0 cm³/mol. The summed E-state index contributed by atoms with van der Waals surface area (Å²) in [5.74, 6) is -0.635. The number of carbonyl (C=O) groups is 2. The summed E-state index contributed by atoms with van der Waals surface area (Å²) in [7, 11) is -3.88. The number of amides is 1. The van der Waals surface area contributed by atoms with Crippen LogP contribution in [0.5, 0.6) is 5.75 Å². The Bertz CT molecular complexity index is 910. The van der Waals surface area contributed by atoms with Crippen molar-refractivity contribution >= 4 is 27.6 Å². The summed E-state index contributed by atoms with van der Waals surface area (Å²) < 4.78 is 33.0. The number of benzene rings is 2. The number of hydrogen-bond donors (Lipinski definition) is 2. The van der Waals surface area contributed by atoms with Gasteiger partial charge in [0.2, 0.25) is 10.0 Å². The van der Waals surface area contributed by atoms with Crippen LogP contribution in [0.25, 0.3) is 0 Å². The van der Waals surface area contributed by atoms with E-state index in [-0.39, 0.29) is 16.1 Å². The molecule has 8 nitrogen and oxygen atoms in total. The molecular weight excluding hydrogens is 372 g/mol. The molecule has 0 aliphatic carbocycles. The molecule has 0 saturated heterocycles. The number of anilines is 1. The van der Waals surface area contributed by atoms with Crippen molar-refractivity contribution < 1.29 is 27.5 Å². The van der Waals surface area contributed by atoms with Crippen LogP contribution in [0.15, 0.2) is 53.4 Å². The molecule has 27 heavy (non-hydrogen) atoms. The minimum absolute atomic E-state index is 0.136. The van der Waals surface area contributed by atoms with Gasteiger partial charge in [0.05, 0.1) is 17.1 Å². The van der Waals surface area contributed by atoms with Gasteiger partial charge in [-0.25, -0.2) is 18.4 Å². The van der Waals surface area contributed by atoms with E-state index >= 15 is 0 Å². The van der Waals surface area contributed by atoms with Crippen molar-refractivity contribution in [3.63, 3.8) is 0 Å². The van der Waals surface area contributed by atoms with Crippen LogP contribution in [0.4, 0.5) is 5.69 Å². The highest BCUT2D eigenvalue weighted by Gasteiger charge is 2.12. The standard InChI is InChI=1S/C18H20N2O6S/c1-2-10-25-15-8-6-13(7-9-15)18(22)26-12-17(21)20-14-4-3-5-16(11-14)27(19,23)24/h3-9,11H,2,10,12H2,1H3,(H,20,21)(H2,19,23,24). The summed E-state index contributed by atoms with van der Waals surface area (Å²) in [5, 5.41) is 7.48. The maximum absolute atomic E-state index is 12.0. The molecule has 0 saturated carbocycles. The second-order valence-corrected chi connectivity index (χ2v) is 7.13. The van der Waals surface area contributed by atoms with Gasteiger partial charge in [-0.15, -0.1) is 0 Å². The number of nitrogens with two attached hydrogens (primary N) is 1. The zero-order valence-corrected chi connectivity index (χ0v) is 15.5. The fraction of sp³-hybridized carbons (Fsp3) is 0.222. The number of carbonyl (C=O) groups excluding carboxylic acids is 2. The summed E-state index contributed by atoms with van der Waals surface area (Å²) >= 11 is 0. The zero-order valence-electron chi connectivity index (χ0n) is 14.7. The van der Waals surface area contributed by atoms with Crippen molar-refractivity contribution in [2.24, 2.45) is 5.14 Å². The number of rotatable bonds is 8. The molecule has 1 amide bonds. The molecule has 0 aromatic heterocycles. The molecule has 0 heterocycles. The average molecular weight is 392 g/mol. The molecule has 0 aliphatic rings. The van der Waals surface area contributed by atoms with Crippen molar-refractivity contribution in [1.29, 1.82) is 0 Å². The van der Waals surface area contributed by atoms with E-state index in [9.17, 15) is 18.0 Å². The van der Waals surface area contributed by atoms with Crippen molar-refractivity contribution in [2.45, 2.75) is 18.2 Å². The molecule has 3 N–H and O–H groups in total. The molecule has 2 rings (SSSR count). The SMILES string of the molecule is CCCOc1ccc(C(=O)OCC(=O)Nc2cccc(S(N)(=O)=O)c2)cc1. The number of hydrogen-bond acceptors (Lipinski definition) is 6. The van der Waals surface area contributed by atoms with E-state index in [1.165, 1.54) is 24.3 Å². The number of ether oxygens (including phenoxy) is 2. The van der Waals surface area contributed by atoms with Crippen molar-refractivity contribution in [3.8, 4) is 5.75 Å². The highest BCUT2D eigenvalue weighted by molar-refractivity contribution is 7.89. The van der Waals surface area contributed by atoms with Crippen molar-refractivity contribution in [2.75, 3.05) is 18.5 Å². The first-order chi connectivity index (χ1) is 12.8. The van der Waals surface area contributed by atoms with Crippen molar-refractivity contribution in [3.05, 3.63) is 54.1 Å². The molecule has 144 valence electrons. The number of primary sulfonamides is 1. The third kappa shape index (κ3) is 6.39. The smallest absolute Gasteiger partial charge is 0.338 e. The van der Waals surface area contributed by atoms with Crippen LogP contribution >= 0.6 is 0 Å². The zero-order chi connectivity index (χ0) is 19.9. The quantitative estimate of drug-likeness (QED) is 0.661. The van der Waals surface area contributed by atoms with E-state index in [1.54, 1.807) is 24.3 Å². The van der Waals surface area contributed by atoms with Crippen LogP contribution in [0, 0.1) is 0 Å². The molecule has 0 atom stereocenters. The van der Waals surface area contributed by atoms with Gasteiger partial charge in [0.1, 0.15) is 5.75 Å². The first-order valence-corrected chi connectivity index (χ1v) is 9.67. The molecule has 2 aromatic rings. The maximum Gasteiger partial charge on any atom is 0.338 e. The van der Waals surface area contributed by atoms with Gasteiger partial charge >= 0.3 is 5.97 Å². The van der Waals surface area contributed by atoms with Gasteiger partial charge in [0.25, 0.3) is 5.91 Å². The lowest BCUT2D eigenvalue weighted by Gasteiger charge is -2.08. The van der Waals surface area contributed by atoms with Gasteiger partial charge in [-0.1, -0.05) is 13.0 Å². The van der Waals surface area contributed by atoms with E-state index in [4.69, 9.17) is 14.6 Å². The molecule has 0 unspecified atom stereocenters. The lowest BCUT2D eigenvalue weighted by Crippen LogP contribution is -2.21. The van der Waals surface area contributed by atoms with Gasteiger partial charge < -0.3 is 14.8 Å². The van der Waals surface area contributed by atoms with E-state index in [0.717, 1.165) is 6.42 Å². The molecule has 0 fully saturated rings. The summed E-state index contributed by atoms with van der Waals surface area (Å²) in [5.41, 5.74) is 0.503. The summed E-state index contributed by atoms with van der Waals surface area (Å²) in [6, 6.07) is 11.8. The van der Waals surface area contributed by atoms with Crippen LogP contribution in [-0.4, -0.2) is 33.5 Å². The Hall–Kier alpha value is -2.91. The second kappa shape index (κ2) is 9.15. The lowest BCUT2D eigenvalue weighted by atomic mass is 10.2. The lowest BCUT2D eigenvalue weighted by molar-refractivity contribution is -0.119. The Morgan fingerprint density at radius 3 is 2.44 bits per heavy atom. The third-order valence-electron chi connectivity index (χ3n) is 3.34. The molecule has 2 aromatic carbocycles. The summed E-state index contributed by atoms with van der Waals surface area (Å²) in [4.78, 5) is 23.7. The number of nitrogens with one attached hydrogen (secondary N) is 1. The molecule has 0 spiro atoms. The third-order valence-corrected chi connectivity index (χ3v) is 4.25. The highest BCUT2D eigenvalue weighted by atomic mass is 32.2. The first-order valence-electron chi connectivity index (χ1n) is 8.12. The van der Waals surface area contributed by atoms with Crippen molar-refractivity contribution in [1.82, 2.24) is 0 Å². The molecule has 9 heteroatoms. The largest absolute Gasteiger partial charge is 0.494 e. The van der Waals surface area contributed by atoms with Gasteiger partial charge in [-0.05, 0) is 48.9 Å². The van der Waals surface area contributed by atoms with E-state index < -0.39 is 28.5 Å².